The van der Waals surface area contributed by atoms with E-state index in [2.05, 4.69) is 4.28 Å². The first-order valence-corrected chi connectivity index (χ1v) is 6.99. The summed E-state index contributed by atoms with van der Waals surface area (Å²) < 4.78 is 31.2. The standard InChI is InChI=1S/C12H15NO6S/c1-13(19-20(16)17)10-5-4-9(12(14)15)6-11(10)18-7-8-2-3-8/h4-6,8H,2-3,7H2,1H3,(H,14,15)(H,16,17)/p-1. The average Bonchev–Trinajstić information content (AvgIpc) is 3.19. The maximum absolute atomic E-state index is 11.0. The molecule has 1 aliphatic rings. The molecule has 0 bridgehead atoms. The van der Waals surface area contributed by atoms with Crippen LogP contribution in [0, 0.1) is 5.92 Å². The van der Waals surface area contributed by atoms with Crippen molar-refractivity contribution in [2.45, 2.75) is 12.8 Å². The number of aromatic carboxylic acids is 1. The fourth-order valence-corrected chi connectivity index (χ4v) is 1.91. The smallest absolute Gasteiger partial charge is 0.335 e. The minimum absolute atomic E-state index is 0.0659. The molecule has 0 amide bonds. The van der Waals surface area contributed by atoms with Crippen LogP contribution >= 0.6 is 0 Å². The molecular formula is C12H14NO6S-. The lowest BCUT2D eigenvalue weighted by atomic mass is 10.2. The predicted molar refractivity (Wildman–Crippen MR) is 70.0 cm³/mol. The molecule has 1 fully saturated rings. The Kier molecular flexibility index (Phi) is 4.58. The number of hydrogen-bond acceptors (Lipinski definition) is 6. The highest BCUT2D eigenvalue weighted by Gasteiger charge is 2.23. The van der Waals surface area contributed by atoms with Gasteiger partial charge in [-0.15, -0.1) is 0 Å². The summed E-state index contributed by atoms with van der Waals surface area (Å²) >= 11 is -2.71. The van der Waals surface area contributed by atoms with Crippen molar-refractivity contribution < 1.29 is 27.7 Å². The van der Waals surface area contributed by atoms with Crippen molar-refractivity contribution in [3.8, 4) is 5.75 Å². The predicted octanol–water partition coefficient (Wildman–Crippen LogP) is 1.34. The summed E-state index contributed by atoms with van der Waals surface area (Å²) in [6, 6.07) is 4.15. The molecule has 0 aromatic heterocycles. The maximum Gasteiger partial charge on any atom is 0.335 e. The minimum atomic E-state index is -2.71. The van der Waals surface area contributed by atoms with E-state index in [1.807, 2.05) is 0 Å². The van der Waals surface area contributed by atoms with Crippen molar-refractivity contribution >= 4 is 23.0 Å². The van der Waals surface area contributed by atoms with Crippen molar-refractivity contribution in [2.75, 3.05) is 18.7 Å². The summed E-state index contributed by atoms with van der Waals surface area (Å²) in [7, 11) is 1.40. The van der Waals surface area contributed by atoms with E-state index >= 15 is 0 Å². The van der Waals surface area contributed by atoms with Gasteiger partial charge in [0, 0.05) is 7.05 Å². The number of benzene rings is 1. The molecule has 1 atom stereocenters. The molecule has 1 unspecified atom stereocenters. The number of carbonyl (C=O) groups is 1. The van der Waals surface area contributed by atoms with Gasteiger partial charge in [-0.3, -0.25) is 0 Å². The zero-order valence-electron chi connectivity index (χ0n) is 10.8. The molecule has 20 heavy (non-hydrogen) atoms. The molecular weight excluding hydrogens is 286 g/mol. The van der Waals surface area contributed by atoms with Crippen molar-refractivity contribution in [2.24, 2.45) is 5.92 Å². The Morgan fingerprint density at radius 3 is 2.80 bits per heavy atom. The van der Waals surface area contributed by atoms with Gasteiger partial charge in [0.1, 0.15) is 22.8 Å². The van der Waals surface area contributed by atoms with Gasteiger partial charge >= 0.3 is 5.97 Å². The van der Waals surface area contributed by atoms with E-state index in [1.54, 1.807) is 0 Å². The van der Waals surface area contributed by atoms with E-state index in [9.17, 15) is 13.6 Å². The largest absolute Gasteiger partial charge is 0.748 e. The van der Waals surface area contributed by atoms with Gasteiger partial charge < -0.3 is 14.4 Å². The first-order chi connectivity index (χ1) is 9.47. The number of carboxylic acid groups (broad SMARTS) is 1. The second-order valence-electron chi connectivity index (χ2n) is 4.52. The molecule has 1 aromatic rings. The van der Waals surface area contributed by atoms with Crippen LogP contribution in [-0.2, 0) is 15.6 Å². The molecule has 7 nitrogen and oxygen atoms in total. The lowest BCUT2D eigenvalue weighted by Gasteiger charge is -2.22. The SMILES string of the molecule is CN(OS(=O)[O-])c1ccc(C(=O)O)cc1OCC1CC1. The van der Waals surface area contributed by atoms with E-state index in [1.165, 1.54) is 25.2 Å². The van der Waals surface area contributed by atoms with Crippen LogP contribution in [0.2, 0.25) is 0 Å². The summed E-state index contributed by atoms with van der Waals surface area (Å²) in [6.07, 6.45) is 2.18. The van der Waals surface area contributed by atoms with E-state index in [0.717, 1.165) is 17.9 Å². The number of rotatable bonds is 7. The Morgan fingerprint density at radius 1 is 1.55 bits per heavy atom. The maximum atomic E-state index is 11.0. The van der Waals surface area contributed by atoms with Gasteiger partial charge in [-0.2, -0.15) is 4.28 Å². The zero-order valence-corrected chi connectivity index (χ0v) is 11.6. The van der Waals surface area contributed by atoms with Crippen LogP contribution in [0.3, 0.4) is 0 Å². The molecule has 8 heteroatoms. The fraction of sp³-hybridized carbons (Fsp3) is 0.417. The van der Waals surface area contributed by atoms with Crippen LogP contribution in [-0.4, -0.2) is 33.5 Å². The van der Waals surface area contributed by atoms with Gasteiger partial charge in [0.25, 0.3) is 0 Å². The molecule has 0 spiro atoms. The first-order valence-electron chi connectivity index (χ1n) is 5.99. The molecule has 0 saturated heterocycles. The van der Waals surface area contributed by atoms with Gasteiger partial charge in [-0.1, -0.05) is 0 Å². The Balaban J connectivity index is 2.22. The summed E-state index contributed by atoms with van der Waals surface area (Å²) in [4.78, 5) is 11.0. The molecule has 1 N–H and O–H groups in total. The molecule has 0 aliphatic heterocycles. The van der Waals surface area contributed by atoms with Crippen LogP contribution < -0.4 is 9.80 Å². The topological polar surface area (TPSA) is 99.1 Å². The van der Waals surface area contributed by atoms with Crippen molar-refractivity contribution in [1.82, 2.24) is 0 Å². The number of anilines is 1. The Morgan fingerprint density at radius 2 is 2.25 bits per heavy atom. The molecule has 0 heterocycles. The molecule has 2 rings (SSSR count). The lowest BCUT2D eigenvalue weighted by molar-refractivity contribution is 0.0696. The quantitative estimate of drug-likeness (QED) is 0.599. The molecule has 1 saturated carbocycles. The third-order valence-corrected chi connectivity index (χ3v) is 3.24. The summed E-state index contributed by atoms with van der Waals surface area (Å²) in [5.74, 6) is -0.315. The number of nitrogens with zero attached hydrogens (tertiary/aromatic N) is 1. The Hall–Kier alpha value is -1.64. The van der Waals surface area contributed by atoms with Gasteiger partial charge in [0.2, 0.25) is 0 Å². The highest BCUT2D eigenvalue weighted by atomic mass is 32.2. The van der Waals surface area contributed by atoms with Crippen molar-refractivity contribution in [3.63, 3.8) is 0 Å². The van der Waals surface area contributed by atoms with Crippen LogP contribution in [0.25, 0.3) is 0 Å². The van der Waals surface area contributed by atoms with Gasteiger partial charge in [-0.05, 0) is 37.0 Å². The van der Waals surface area contributed by atoms with E-state index in [-0.39, 0.29) is 11.3 Å². The Bertz CT molecular complexity index is 531. The van der Waals surface area contributed by atoms with E-state index in [0.29, 0.717) is 18.2 Å². The number of hydroxylamine groups is 1. The summed E-state index contributed by atoms with van der Waals surface area (Å²) in [5.41, 5.74) is 0.413. The Labute approximate surface area is 118 Å². The fourth-order valence-electron chi connectivity index (χ4n) is 1.65. The first kappa shape index (κ1) is 14.8. The van der Waals surface area contributed by atoms with E-state index in [4.69, 9.17) is 9.84 Å². The third-order valence-electron chi connectivity index (χ3n) is 2.89. The van der Waals surface area contributed by atoms with Gasteiger partial charge in [0.05, 0.1) is 12.2 Å². The van der Waals surface area contributed by atoms with Crippen LogP contribution in [0.4, 0.5) is 5.69 Å². The van der Waals surface area contributed by atoms with Crippen LogP contribution in [0.5, 0.6) is 5.75 Å². The highest BCUT2D eigenvalue weighted by molar-refractivity contribution is 7.74. The number of carboxylic acids is 1. The van der Waals surface area contributed by atoms with Crippen molar-refractivity contribution in [1.29, 1.82) is 0 Å². The normalized spacial score (nSPS) is 15.7. The third kappa shape index (κ3) is 3.92. The second kappa shape index (κ2) is 6.21. The monoisotopic (exact) mass is 300 g/mol. The lowest BCUT2D eigenvalue weighted by Crippen LogP contribution is -2.20. The van der Waals surface area contributed by atoms with Gasteiger partial charge in [-0.25, -0.2) is 14.1 Å². The molecule has 110 valence electrons. The van der Waals surface area contributed by atoms with Crippen LogP contribution in [0.15, 0.2) is 18.2 Å². The number of ether oxygens (including phenoxy) is 1. The molecule has 1 aromatic carbocycles. The number of hydrogen-bond donors (Lipinski definition) is 1. The summed E-state index contributed by atoms with van der Waals surface area (Å²) in [6.45, 7) is 0.477. The van der Waals surface area contributed by atoms with Crippen molar-refractivity contribution in [3.05, 3.63) is 23.8 Å². The molecule has 0 radical (unpaired) electrons. The minimum Gasteiger partial charge on any atom is -0.748 e. The molecule has 1 aliphatic carbocycles. The summed E-state index contributed by atoms with van der Waals surface area (Å²) in [5, 5.41) is 9.99. The van der Waals surface area contributed by atoms with Gasteiger partial charge in [0.15, 0.2) is 0 Å². The average molecular weight is 300 g/mol. The second-order valence-corrected chi connectivity index (χ2v) is 5.08. The van der Waals surface area contributed by atoms with Crippen LogP contribution in [0.1, 0.15) is 23.2 Å². The highest BCUT2D eigenvalue weighted by Crippen LogP contribution is 2.33. The van der Waals surface area contributed by atoms with E-state index < -0.39 is 17.3 Å². The zero-order chi connectivity index (χ0) is 14.7.